The number of anilines is 4. The number of fused-ring (bicyclic) bond motifs is 2. The van der Waals surface area contributed by atoms with Gasteiger partial charge in [0.1, 0.15) is 34.7 Å². The maximum Gasteiger partial charge on any atom is 0.262 e. The molecule has 3 aromatic heterocycles. The van der Waals surface area contributed by atoms with Crippen LogP contribution < -0.4 is 26.2 Å². The van der Waals surface area contributed by atoms with Crippen LogP contribution in [0.2, 0.25) is 5.02 Å². The van der Waals surface area contributed by atoms with Crippen molar-refractivity contribution in [2.75, 3.05) is 60.1 Å². The highest BCUT2D eigenvalue weighted by atomic mass is 35.5. The lowest BCUT2D eigenvalue weighted by Gasteiger charge is -2.57. The Morgan fingerprint density at radius 1 is 0.869 bits per heavy atom. The number of likely N-dealkylation sites (tertiary alicyclic amines) is 1. The third kappa shape index (κ3) is 6.81. The molecule has 0 bridgehead atoms. The van der Waals surface area contributed by atoms with Gasteiger partial charge in [0.05, 0.1) is 11.1 Å². The van der Waals surface area contributed by atoms with E-state index in [2.05, 4.69) is 35.3 Å². The Hall–Kier alpha value is -6.46. The minimum Gasteiger partial charge on any atom is -0.382 e. The summed E-state index contributed by atoms with van der Waals surface area (Å²) in [4.78, 5) is 85.0. The molecule has 4 saturated heterocycles. The quantitative estimate of drug-likeness (QED) is 0.196. The largest absolute Gasteiger partial charge is 0.382 e. The Balaban J connectivity index is 0.762. The van der Waals surface area contributed by atoms with E-state index in [0.717, 1.165) is 75.5 Å². The van der Waals surface area contributed by atoms with Crippen LogP contribution in [0.3, 0.4) is 0 Å². The number of nitrogen functional groups attached to an aromatic ring is 1. The number of nitrogens with two attached hydrogens (primary N) is 1. The molecule has 1 unspecified atom stereocenters. The van der Waals surface area contributed by atoms with Gasteiger partial charge in [-0.15, -0.1) is 0 Å². The monoisotopic (exact) mass is 845 g/mol. The normalized spacial score (nSPS) is 20.6. The predicted octanol–water partition coefficient (Wildman–Crippen LogP) is 4.39. The number of rotatable bonds is 7. The smallest absolute Gasteiger partial charge is 0.262 e. The standard InChI is InChI=1S/C43H41ClFN11O5/c44-25-7-12-47-33(20-25)49-38(58)24-1-3-29(31(45)19-24)35-36-37(46)48-13-18-55(36)42(51-35)53-16-10-43(11-17-53)22-54(23-43)26-8-14-52(15-9-26)27-2-4-28-30(21-27)41(61)56(40(28)60)32-5-6-34(57)50-39(32)59/h1-4,7,12-13,18-21,26,32H,5-6,8-11,14-17,22-23H2,(H2,46,48)(H,47,49,58)(H,50,57,59). The van der Waals surface area contributed by atoms with Crippen molar-refractivity contribution in [1.29, 1.82) is 0 Å². The first-order chi connectivity index (χ1) is 29.4. The van der Waals surface area contributed by atoms with Crippen molar-refractivity contribution in [3.8, 4) is 11.3 Å². The van der Waals surface area contributed by atoms with Crippen LogP contribution in [0.4, 0.5) is 27.7 Å². The van der Waals surface area contributed by atoms with Crippen molar-refractivity contribution in [1.82, 2.24) is 34.5 Å². The minimum atomic E-state index is -0.990. The lowest BCUT2D eigenvalue weighted by Crippen LogP contribution is -2.64. The topological polar surface area (TPSA) is 191 Å². The number of carbonyl (C=O) groups excluding carboxylic acids is 5. The fourth-order valence-electron chi connectivity index (χ4n) is 9.68. The summed E-state index contributed by atoms with van der Waals surface area (Å²) >= 11 is 6.02. The zero-order chi connectivity index (χ0) is 42.2. The Morgan fingerprint density at radius 2 is 1.62 bits per heavy atom. The van der Waals surface area contributed by atoms with Gasteiger partial charge in [-0.2, -0.15) is 0 Å². The van der Waals surface area contributed by atoms with Gasteiger partial charge in [0.25, 0.3) is 17.7 Å². The molecule has 5 amide bonds. The van der Waals surface area contributed by atoms with Crippen molar-refractivity contribution in [3.63, 3.8) is 0 Å². The molecule has 18 heteroatoms. The van der Waals surface area contributed by atoms with Gasteiger partial charge in [-0.25, -0.2) is 19.3 Å². The number of piperidine rings is 3. The lowest BCUT2D eigenvalue weighted by molar-refractivity contribution is -0.136. The highest BCUT2D eigenvalue weighted by Crippen LogP contribution is 2.44. The summed E-state index contributed by atoms with van der Waals surface area (Å²) < 4.78 is 17.7. The van der Waals surface area contributed by atoms with E-state index >= 15 is 4.39 Å². The summed E-state index contributed by atoms with van der Waals surface area (Å²) in [6.07, 6.45) is 8.95. The maximum atomic E-state index is 15.8. The molecule has 5 aliphatic heterocycles. The van der Waals surface area contributed by atoms with Crippen LogP contribution in [0.15, 0.2) is 67.1 Å². The second-order valence-electron chi connectivity index (χ2n) is 16.6. The molecule has 16 nitrogen and oxygen atoms in total. The number of hydrogen-bond donors (Lipinski definition) is 3. The SMILES string of the molecule is Nc1nccn2c(N3CCC4(CC3)CN(C3CCN(c5ccc6c(c5)C(=O)N(C5CCC(=O)NC5=O)C6=O)CC3)C4)nc(-c3ccc(C(=O)Nc4cc(Cl)ccn4)cc3F)c12. The van der Waals surface area contributed by atoms with Gasteiger partial charge in [0.2, 0.25) is 17.8 Å². The second kappa shape index (κ2) is 14.9. The van der Waals surface area contributed by atoms with Crippen LogP contribution in [0.25, 0.3) is 16.8 Å². The third-order valence-electron chi connectivity index (χ3n) is 13.0. The molecule has 1 atom stereocenters. The number of benzene rings is 2. The van der Waals surface area contributed by atoms with Gasteiger partial charge in [0.15, 0.2) is 0 Å². The zero-order valence-corrected chi connectivity index (χ0v) is 33.7. The Labute approximate surface area is 353 Å². The summed E-state index contributed by atoms with van der Waals surface area (Å²) in [5, 5.41) is 5.29. The maximum absolute atomic E-state index is 15.8. The summed E-state index contributed by atoms with van der Waals surface area (Å²) in [5.74, 6) is -2.05. The molecule has 2 aromatic carbocycles. The fraction of sp³-hybridized carbons (Fsp3) is 0.349. The molecule has 4 N–H and O–H groups in total. The highest BCUT2D eigenvalue weighted by Gasteiger charge is 2.48. The molecule has 4 fully saturated rings. The second-order valence-corrected chi connectivity index (χ2v) is 17.0. The van der Waals surface area contributed by atoms with Gasteiger partial charge < -0.3 is 20.9 Å². The average Bonchev–Trinajstić information content (AvgIpc) is 3.75. The minimum absolute atomic E-state index is 0.0787. The van der Waals surface area contributed by atoms with E-state index in [4.69, 9.17) is 22.3 Å². The first-order valence-electron chi connectivity index (χ1n) is 20.4. The van der Waals surface area contributed by atoms with Crippen molar-refractivity contribution in [2.45, 2.75) is 50.6 Å². The Morgan fingerprint density at radius 3 is 2.36 bits per heavy atom. The number of hydrogen-bond acceptors (Lipinski definition) is 12. The molecule has 5 aromatic rings. The van der Waals surface area contributed by atoms with Gasteiger partial charge >= 0.3 is 0 Å². The molecule has 0 aliphatic carbocycles. The molecule has 0 radical (unpaired) electrons. The number of aromatic nitrogens is 4. The van der Waals surface area contributed by atoms with Gasteiger partial charge in [0, 0.05) is 92.2 Å². The van der Waals surface area contributed by atoms with Crippen LogP contribution in [0.1, 0.15) is 69.6 Å². The van der Waals surface area contributed by atoms with Crippen LogP contribution in [-0.2, 0) is 9.59 Å². The van der Waals surface area contributed by atoms with E-state index in [9.17, 15) is 24.0 Å². The number of imide groups is 2. The molecule has 5 aliphatic rings. The zero-order valence-electron chi connectivity index (χ0n) is 32.9. The number of halogens is 2. The summed E-state index contributed by atoms with van der Waals surface area (Å²) in [6.45, 7) is 5.19. The van der Waals surface area contributed by atoms with E-state index in [1.165, 1.54) is 30.5 Å². The summed E-state index contributed by atoms with van der Waals surface area (Å²) in [7, 11) is 0. The number of imidazole rings is 1. The van der Waals surface area contributed by atoms with E-state index in [1.807, 2.05) is 10.5 Å². The molecule has 10 rings (SSSR count). The summed E-state index contributed by atoms with van der Waals surface area (Å²) in [5.41, 5.74) is 9.18. The van der Waals surface area contributed by atoms with Crippen molar-refractivity contribution < 1.29 is 28.4 Å². The third-order valence-corrected chi connectivity index (χ3v) is 13.2. The number of nitrogens with one attached hydrogen (secondary N) is 2. The first-order valence-corrected chi connectivity index (χ1v) is 20.8. The number of amides is 5. The Kier molecular flexibility index (Phi) is 9.47. The number of carbonyl (C=O) groups is 5. The van der Waals surface area contributed by atoms with Crippen LogP contribution in [-0.4, -0.2) is 110 Å². The average molecular weight is 846 g/mol. The van der Waals surface area contributed by atoms with E-state index in [0.29, 0.717) is 33.8 Å². The molecule has 0 saturated carbocycles. The predicted molar refractivity (Wildman–Crippen MR) is 224 cm³/mol. The van der Waals surface area contributed by atoms with E-state index in [-0.39, 0.29) is 46.6 Å². The molecule has 312 valence electrons. The fourth-order valence-corrected chi connectivity index (χ4v) is 9.84. The molecular weight excluding hydrogens is 805 g/mol. The van der Waals surface area contributed by atoms with Crippen LogP contribution >= 0.6 is 11.6 Å². The molecule has 8 heterocycles. The number of pyridine rings is 1. The highest BCUT2D eigenvalue weighted by molar-refractivity contribution is 6.30. The van der Waals surface area contributed by atoms with Crippen molar-refractivity contribution in [2.24, 2.45) is 5.41 Å². The van der Waals surface area contributed by atoms with Gasteiger partial charge in [-0.1, -0.05) is 11.6 Å². The molecular formula is C43H41ClFN11O5. The first kappa shape index (κ1) is 38.7. The van der Waals surface area contributed by atoms with Gasteiger partial charge in [-0.05, 0) is 86.1 Å². The van der Waals surface area contributed by atoms with Crippen molar-refractivity contribution in [3.05, 3.63) is 94.7 Å². The number of nitrogens with zero attached hydrogens (tertiary/aromatic N) is 8. The van der Waals surface area contributed by atoms with Gasteiger partial charge in [-0.3, -0.25) is 43.5 Å². The summed E-state index contributed by atoms with van der Waals surface area (Å²) in [6, 6.07) is 12.1. The molecule has 1 spiro atoms. The molecule has 61 heavy (non-hydrogen) atoms. The lowest BCUT2D eigenvalue weighted by atomic mass is 9.71. The van der Waals surface area contributed by atoms with E-state index < -0.39 is 41.4 Å². The van der Waals surface area contributed by atoms with E-state index in [1.54, 1.807) is 30.6 Å². The van der Waals surface area contributed by atoms with Crippen LogP contribution in [0, 0.1) is 11.2 Å². The Bertz CT molecular complexity index is 2670. The van der Waals surface area contributed by atoms with Crippen LogP contribution in [0.5, 0.6) is 0 Å². The van der Waals surface area contributed by atoms with Crippen molar-refractivity contribution >= 4 is 69.9 Å².